The zero-order chi connectivity index (χ0) is 19.8. The standard InChI is InChI=1S/C19H17FN4O4/c1-27-14-7-6-13(9-15(14)28-2)24-18(25)16-17(19(24)26)23(22-21-16)10-11-4-3-5-12(20)8-11/h3-9,16-17H,10H2,1-2H3/t16-,17-/m1/s1. The molecule has 144 valence electrons. The summed E-state index contributed by atoms with van der Waals surface area (Å²) in [5.41, 5.74) is 0.993. The van der Waals surface area contributed by atoms with E-state index < -0.39 is 23.9 Å². The van der Waals surface area contributed by atoms with Gasteiger partial charge in [-0.1, -0.05) is 17.4 Å². The van der Waals surface area contributed by atoms with E-state index in [1.165, 1.54) is 31.4 Å². The topological polar surface area (TPSA) is 83.8 Å². The lowest BCUT2D eigenvalue weighted by Crippen LogP contribution is -2.39. The molecule has 2 aliphatic heterocycles. The summed E-state index contributed by atoms with van der Waals surface area (Å²) in [5.74, 6) is -0.406. The molecule has 0 radical (unpaired) electrons. The van der Waals surface area contributed by atoms with Crippen molar-refractivity contribution < 1.29 is 23.5 Å². The van der Waals surface area contributed by atoms with Crippen molar-refractivity contribution in [1.82, 2.24) is 5.01 Å². The summed E-state index contributed by atoms with van der Waals surface area (Å²) in [6, 6.07) is 8.99. The summed E-state index contributed by atoms with van der Waals surface area (Å²) in [5, 5.41) is 9.35. The molecule has 0 aromatic heterocycles. The number of hydrogen-bond donors (Lipinski definition) is 0. The molecule has 9 heteroatoms. The Morgan fingerprint density at radius 1 is 1.04 bits per heavy atom. The molecule has 0 bridgehead atoms. The van der Waals surface area contributed by atoms with E-state index in [2.05, 4.69) is 10.3 Å². The molecule has 0 saturated carbocycles. The van der Waals surface area contributed by atoms with Gasteiger partial charge in [0, 0.05) is 6.07 Å². The van der Waals surface area contributed by atoms with E-state index in [0.717, 1.165) is 4.90 Å². The molecule has 2 aromatic rings. The number of anilines is 1. The van der Waals surface area contributed by atoms with E-state index in [1.807, 2.05) is 0 Å². The number of carbonyl (C=O) groups excluding carboxylic acids is 2. The number of hydrogen-bond acceptors (Lipinski definition) is 7. The Morgan fingerprint density at radius 3 is 2.54 bits per heavy atom. The molecular formula is C19H17FN4O4. The van der Waals surface area contributed by atoms with Gasteiger partial charge in [0.1, 0.15) is 5.82 Å². The highest BCUT2D eigenvalue weighted by Crippen LogP contribution is 2.36. The fourth-order valence-electron chi connectivity index (χ4n) is 3.39. The fraction of sp³-hybridized carbons (Fsp3) is 0.263. The van der Waals surface area contributed by atoms with Gasteiger partial charge in [0.15, 0.2) is 23.6 Å². The van der Waals surface area contributed by atoms with Crippen molar-refractivity contribution in [2.75, 3.05) is 19.1 Å². The van der Waals surface area contributed by atoms with E-state index in [1.54, 1.807) is 30.3 Å². The van der Waals surface area contributed by atoms with Crippen LogP contribution in [0.2, 0.25) is 0 Å². The first kappa shape index (κ1) is 17.9. The average molecular weight is 384 g/mol. The van der Waals surface area contributed by atoms with Crippen LogP contribution in [-0.2, 0) is 16.1 Å². The molecular weight excluding hydrogens is 367 g/mol. The number of carbonyl (C=O) groups is 2. The summed E-state index contributed by atoms with van der Waals surface area (Å²) < 4.78 is 23.9. The van der Waals surface area contributed by atoms with Crippen LogP contribution >= 0.6 is 0 Å². The quantitative estimate of drug-likeness (QED) is 0.739. The van der Waals surface area contributed by atoms with Crippen molar-refractivity contribution in [2.45, 2.75) is 18.6 Å². The number of benzene rings is 2. The lowest BCUT2D eigenvalue weighted by Gasteiger charge is -2.21. The number of halogens is 1. The SMILES string of the molecule is COc1ccc(N2C(=O)[C@@H]3N=NN(Cc4cccc(F)c4)[C@H]3C2=O)cc1OC. The highest BCUT2D eigenvalue weighted by atomic mass is 19.1. The Kier molecular flexibility index (Phi) is 4.42. The van der Waals surface area contributed by atoms with Crippen LogP contribution in [0, 0.1) is 5.82 Å². The maximum Gasteiger partial charge on any atom is 0.263 e. The normalized spacial score (nSPS) is 20.7. The summed E-state index contributed by atoms with van der Waals surface area (Å²) >= 11 is 0. The van der Waals surface area contributed by atoms with Gasteiger partial charge in [0.25, 0.3) is 11.8 Å². The molecule has 2 atom stereocenters. The number of imide groups is 1. The van der Waals surface area contributed by atoms with Gasteiger partial charge < -0.3 is 9.47 Å². The predicted octanol–water partition coefficient (Wildman–Crippen LogP) is 2.34. The number of rotatable bonds is 5. The van der Waals surface area contributed by atoms with Gasteiger partial charge >= 0.3 is 0 Å². The predicted molar refractivity (Wildman–Crippen MR) is 96.4 cm³/mol. The molecule has 1 fully saturated rings. The maximum absolute atomic E-state index is 13.4. The molecule has 0 N–H and O–H groups in total. The van der Waals surface area contributed by atoms with Crippen molar-refractivity contribution in [3.8, 4) is 11.5 Å². The summed E-state index contributed by atoms with van der Waals surface area (Å²) in [6.45, 7) is 0.168. The number of nitrogens with zero attached hydrogens (tertiary/aromatic N) is 4. The number of fused-ring (bicyclic) bond motifs is 1. The molecule has 0 unspecified atom stereocenters. The monoisotopic (exact) mass is 384 g/mol. The van der Waals surface area contributed by atoms with Crippen LogP contribution in [0.15, 0.2) is 52.8 Å². The van der Waals surface area contributed by atoms with Crippen molar-refractivity contribution in [3.05, 3.63) is 53.8 Å². The average Bonchev–Trinajstić information content (AvgIpc) is 3.21. The van der Waals surface area contributed by atoms with Crippen LogP contribution < -0.4 is 14.4 Å². The van der Waals surface area contributed by atoms with Crippen LogP contribution in [-0.4, -0.2) is 43.1 Å². The van der Waals surface area contributed by atoms with Gasteiger partial charge in [-0.2, -0.15) is 5.11 Å². The van der Waals surface area contributed by atoms with Crippen LogP contribution in [0.3, 0.4) is 0 Å². The van der Waals surface area contributed by atoms with Gasteiger partial charge in [-0.15, -0.1) is 0 Å². The zero-order valence-corrected chi connectivity index (χ0v) is 15.2. The Morgan fingerprint density at radius 2 is 1.82 bits per heavy atom. The Hall–Kier alpha value is -3.49. The molecule has 1 saturated heterocycles. The summed E-state index contributed by atoms with van der Waals surface area (Å²) in [4.78, 5) is 26.9. The van der Waals surface area contributed by atoms with Crippen molar-refractivity contribution in [3.63, 3.8) is 0 Å². The van der Waals surface area contributed by atoms with Crippen molar-refractivity contribution >= 4 is 17.5 Å². The zero-order valence-electron chi connectivity index (χ0n) is 15.2. The Labute approximate surface area is 160 Å². The lowest BCUT2D eigenvalue weighted by atomic mass is 10.1. The van der Waals surface area contributed by atoms with E-state index >= 15 is 0 Å². The van der Waals surface area contributed by atoms with Crippen molar-refractivity contribution in [2.24, 2.45) is 10.3 Å². The van der Waals surface area contributed by atoms with Crippen LogP contribution in [0.5, 0.6) is 11.5 Å². The second-order valence-corrected chi connectivity index (χ2v) is 6.37. The van der Waals surface area contributed by atoms with Gasteiger partial charge in [-0.25, -0.2) is 9.29 Å². The number of methoxy groups -OCH3 is 2. The molecule has 0 spiro atoms. The minimum atomic E-state index is -0.922. The van der Waals surface area contributed by atoms with Gasteiger partial charge in [-0.05, 0) is 29.8 Å². The third-order valence-corrected chi connectivity index (χ3v) is 4.72. The van der Waals surface area contributed by atoms with Crippen LogP contribution in [0.1, 0.15) is 5.56 Å². The third kappa shape index (κ3) is 2.84. The third-order valence-electron chi connectivity index (χ3n) is 4.72. The molecule has 2 heterocycles. The van der Waals surface area contributed by atoms with E-state index in [9.17, 15) is 14.0 Å². The molecule has 4 rings (SSSR count). The number of ether oxygens (including phenoxy) is 2. The van der Waals surface area contributed by atoms with E-state index in [4.69, 9.17) is 9.47 Å². The number of amides is 2. The van der Waals surface area contributed by atoms with Crippen LogP contribution in [0.4, 0.5) is 10.1 Å². The first-order chi connectivity index (χ1) is 13.5. The molecule has 0 aliphatic carbocycles. The Balaban J connectivity index is 1.61. The minimum Gasteiger partial charge on any atom is -0.493 e. The maximum atomic E-state index is 13.4. The minimum absolute atomic E-state index is 0.168. The highest BCUT2D eigenvalue weighted by Gasteiger charge is 2.54. The molecule has 2 aromatic carbocycles. The van der Waals surface area contributed by atoms with E-state index in [0.29, 0.717) is 22.7 Å². The second-order valence-electron chi connectivity index (χ2n) is 6.37. The molecule has 2 amide bonds. The smallest absolute Gasteiger partial charge is 0.263 e. The largest absolute Gasteiger partial charge is 0.493 e. The van der Waals surface area contributed by atoms with Gasteiger partial charge in [0.05, 0.1) is 26.5 Å². The second kappa shape index (κ2) is 6.91. The van der Waals surface area contributed by atoms with E-state index in [-0.39, 0.29) is 12.4 Å². The first-order valence-corrected chi connectivity index (χ1v) is 8.55. The summed E-state index contributed by atoms with van der Waals surface area (Å²) in [6.07, 6.45) is 0. The van der Waals surface area contributed by atoms with Gasteiger partial charge in [0.2, 0.25) is 0 Å². The molecule has 2 aliphatic rings. The highest BCUT2D eigenvalue weighted by molar-refractivity contribution is 6.25. The van der Waals surface area contributed by atoms with Crippen molar-refractivity contribution in [1.29, 1.82) is 0 Å². The molecule has 8 nitrogen and oxygen atoms in total. The molecule has 28 heavy (non-hydrogen) atoms. The van der Waals surface area contributed by atoms with Crippen LogP contribution in [0.25, 0.3) is 0 Å². The first-order valence-electron chi connectivity index (χ1n) is 8.55. The lowest BCUT2D eigenvalue weighted by molar-refractivity contribution is -0.123. The summed E-state index contributed by atoms with van der Waals surface area (Å²) in [7, 11) is 2.97. The fourth-order valence-corrected chi connectivity index (χ4v) is 3.39. The van der Waals surface area contributed by atoms with Gasteiger partial charge in [-0.3, -0.25) is 14.6 Å². The Bertz CT molecular complexity index is 980.